The largest absolute Gasteiger partial charge is 0.497 e. The molecule has 10 heteroatoms. The van der Waals surface area contributed by atoms with Crippen LogP contribution in [0.4, 0.5) is 13.6 Å². The van der Waals surface area contributed by atoms with Crippen LogP contribution in [0.2, 0.25) is 0 Å². The molecule has 7 nitrogen and oxygen atoms in total. The predicted molar refractivity (Wildman–Crippen MR) is 116 cm³/mol. The Balaban J connectivity index is 1.58. The van der Waals surface area contributed by atoms with Crippen LogP contribution in [0, 0.1) is 11.6 Å². The van der Waals surface area contributed by atoms with Gasteiger partial charge in [-0.1, -0.05) is 0 Å². The van der Waals surface area contributed by atoms with E-state index < -0.39 is 41.6 Å². The number of carbonyl (C=O) groups excluding carboxylic acids is 2. The molecule has 176 valence electrons. The maximum Gasteiger partial charge on any atom is 0.497 e. The fraction of sp³-hybridized carbons (Fsp3) is 0.636. The van der Waals surface area contributed by atoms with Crippen molar-refractivity contribution >= 4 is 24.6 Å². The Morgan fingerprint density at radius 2 is 1.69 bits per heavy atom. The summed E-state index contributed by atoms with van der Waals surface area (Å²) in [5.74, 6) is -1.75. The maximum atomic E-state index is 14.8. The minimum Gasteiger partial charge on any atom is -0.444 e. The molecule has 0 aliphatic carbocycles. The molecule has 0 bridgehead atoms. The Labute approximate surface area is 187 Å². The molecule has 32 heavy (non-hydrogen) atoms. The summed E-state index contributed by atoms with van der Waals surface area (Å²) in [6.45, 7) is 13.2. The average Bonchev–Trinajstić information content (AvgIpc) is 2.79. The standard InChI is InChI=1S/C22H31BF2N2O5/c1-20(2,3)30-19(29)26-14-11-27(12-14)18(28)9-13-8-17(25)15(10-16(13)24)23-31-21(4,5)22(6,7)32-23/h8,10,14H,9,11-12H2,1-7H3,(H,26,29). The Hall–Kier alpha value is -2.20. The van der Waals surface area contributed by atoms with Crippen LogP contribution in [0.1, 0.15) is 54.0 Å². The predicted octanol–water partition coefficient (Wildman–Crippen LogP) is 2.54. The third kappa shape index (κ3) is 5.23. The smallest absolute Gasteiger partial charge is 0.444 e. The van der Waals surface area contributed by atoms with E-state index in [4.69, 9.17) is 14.0 Å². The highest BCUT2D eigenvalue weighted by Gasteiger charge is 2.52. The van der Waals surface area contributed by atoms with Gasteiger partial charge in [-0.15, -0.1) is 0 Å². The number of rotatable bonds is 4. The van der Waals surface area contributed by atoms with Crippen LogP contribution < -0.4 is 10.8 Å². The number of ether oxygens (including phenoxy) is 1. The van der Waals surface area contributed by atoms with Gasteiger partial charge in [0.2, 0.25) is 5.91 Å². The van der Waals surface area contributed by atoms with E-state index in [2.05, 4.69) is 5.32 Å². The van der Waals surface area contributed by atoms with Crippen LogP contribution in [0.15, 0.2) is 12.1 Å². The van der Waals surface area contributed by atoms with Crippen molar-refractivity contribution in [3.8, 4) is 0 Å². The molecular formula is C22H31BF2N2O5. The minimum absolute atomic E-state index is 0.0390. The molecule has 0 aromatic heterocycles. The zero-order chi connectivity index (χ0) is 24.1. The number of benzene rings is 1. The fourth-order valence-electron chi connectivity index (χ4n) is 3.41. The molecule has 3 rings (SSSR count). The molecule has 2 saturated heterocycles. The number of nitrogens with one attached hydrogen (secondary N) is 1. The van der Waals surface area contributed by atoms with Crippen LogP contribution in [-0.4, -0.2) is 60.0 Å². The summed E-state index contributed by atoms with van der Waals surface area (Å²) >= 11 is 0. The van der Waals surface area contributed by atoms with Crippen molar-refractivity contribution in [2.75, 3.05) is 13.1 Å². The van der Waals surface area contributed by atoms with Crippen molar-refractivity contribution in [2.45, 2.75) is 77.7 Å². The van der Waals surface area contributed by atoms with Gasteiger partial charge < -0.3 is 24.3 Å². The second-order valence-electron chi connectivity index (χ2n) is 10.4. The average molecular weight is 452 g/mol. The van der Waals surface area contributed by atoms with Gasteiger partial charge >= 0.3 is 13.2 Å². The van der Waals surface area contributed by atoms with E-state index in [1.165, 1.54) is 4.90 Å². The van der Waals surface area contributed by atoms with E-state index in [1.807, 2.05) is 27.7 Å². The maximum absolute atomic E-state index is 14.8. The Morgan fingerprint density at radius 1 is 1.12 bits per heavy atom. The number of amides is 2. The Kier molecular flexibility index (Phi) is 6.34. The first-order chi connectivity index (χ1) is 14.6. The molecule has 1 N–H and O–H groups in total. The van der Waals surface area contributed by atoms with Gasteiger partial charge in [0.15, 0.2) is 0 Å². The third-order valence-electron chi connectivity index (χ3n) is 5.97. The monoisotopic (exact) mass is 452 g/mol. The molecule has 2 amide bonds. The lowest BCUT2D eigenvalue weighted by atomic mass is 9.78. The van der Waals surface area contributed by atoms with Gasteiger partial charge in [-0.2, -0.15) is 0 Å². The van der Waals surface area contributed by atoms with Crippen molar-refractivity contribution in [1.29, 1.82) is 0 Å². The molecule has 2 aliphatic heterocycles. The van der Waals surface area contributed by atoms with Crippen molar-refractivity contribution in [3.63, 3.8) is 0 Å². The number of likely N-dealkylation sites (tertiary alicyclic amines) is 1. The van der Waals surface area contributed by atoms with Crippen LogP contribution in [-0.2, 0) is 25.3 Å². The van der Waals surface area contributed by atoms with E-state index in [0.717, 1.165) is 12.1 Å². The molecule has 1 aromatic rings. The number of hydrogen-bond donors (Lipinski definition) is 1. The first kappa shape index (κ1) is 24.4. The van der Waals surface area contributed by atoms with Crippen LogP contribution in [0.3, 0.4) is 0 Å². The molecule has 2 fully saturated rings. The number of nitrogens with zero attached hydrogens (tertiary/aromatic N) is 1. The van der Waals surface area contributed by atoms with Crippen LogP contribution >= 0.6 is 0 Å². The van der Waals surface area contributed by atoms with Crippen LogP contribution in [0.5, 0.6) is 0 Å². The van der Waals surface area contributed by atoms with Gasteiger partial charge in [-0.3, -0.25) is 4.79 Å². The topological polar surface area (TPSA) is 77.1 Å². The van der Waals surface area contributed by atoms with E-state index >= 15 is 0 Å². The summed E-state index contributed by atoms with van der Waals surface area (Å²) < 4.78 is 46.2. The molecule has 0 spiro atoms. The number of alkyl carbamates (subject to hydrolysis) is 1. The van der Waals surface area contributed by atoms with E-state index in [0.29, 0.717) is 0 Å². The highest BCUT2D eigenvalue weighted by atomic mass is 19.1. The van der Waals surface area contributed by atoms with Gasteiger partial charge in [0, 0.05) is 18.6 Å². The third-order valence-corrected chi connectivity index (χ3v) is 5.97. The van der Waals surface area contributed by atoms with Crippen LogP contribution in [0.25, 0.3) is 0 Å². The van der Waals surface area contributed by atoms with Crippen molar-refractivity contribution in [1.82, 2.24) is 10.2 Å². The van der Waals surface area contributed by atoms with Gasteiger partial charge in [0.1, 0.15) is 17.2 Å². The van der Waals surface area contributed by atoms with Gasteiger partial charge in [0.25, 0.3) is 0 Å². The molecule has 0 unspecified atom stereocenters. The fourth-order valence-corrected chi connectivity index (χ4v) is 3.41. The summed E-state index contributed by atoms with van der Waals surface area (Å²) in [4.78, 5) is 25.7. The quantitative estimate of drug-likeness (QED) is 0.711. The van der Waals surface area contributed by atoms with E-state index in [-0.39, 0.29) is 42.5 Å². The molecule has 1 aromatic carbocycles. The van der Waals surface area contributed by atoms with Crippen molar-refractivity contribution in [2.24, 2.45) is 0 Å². The summed E-state index contributed by atoms with van der Waals surface area (Å²) in [6.07, 6.45) is -0.841. The van der Waals surface area contributed by atoms with Crippen molar-refractivity contribution < 1.29 is 32.4 Å². The number of hydrogen-bond acceptors (Lipinski definition) is 5. The lowest BCUT2D eigenvalue weighted by Gasteiger charge is -2.39. The molecule has 2 heterocycles. The molecule has 0 saturated carbocycles. The number of halogens is 2. The Morgan fingerprint density at radius 3 is 2.22 bits per heavy atom. The van der Waals surface area contributed by atoms with E-state index in [9.17, 15) is 18.4 Å². The summed E-state index contributed by atoms with van der Waals surface area (Å²) in [5, 5.41) is 2.68. The first-order valence-corrected chi connectivity index (χ1v) is 10.7. The SMILES string of the molecule is CC(C)(C)OC(=O)NC1CN(C(=O)Cc2cc(F)c(B3OC(C)(C)C(C)(C)O3)cc2F)C1. The number of carbonyl (C=O) groups is 2. The Bertz CT molecular complexity index is 894. The first-order valence-electron chi connectivity index (χ1n) is 10.7. The normalized spacial score (nSPS) is 20.2. The minimum atomic E-state index is -1.03. The molecule has 0 atom stereocenters. The lowest BCUT2D eigenvalue weighted by molar-refractivity contribution is -0.135. The highest BCUT2D eigenvalue weighted by molar-refractivity contribution is 6.62. The van der Waals surface area contributed by atoms with E-state index in [1.54, 1.807) is 20.8 Å². The van der Waals surface area contributed by atoms with Crippen molar-refractivity contribution in [3.05, 3.63) is 29.3 Å². The van der Waals surface area contributed by atoms with Gasteiger partial charge in [0.05, 0.1) is 23.7 Å². The molecule has 0 radical (unpaired) electrons. The molecular weight excluding hydrogens is 421 g/mol. The summed E-state index contributed by atoms with van der Waals surface area (Å²) in [5.41, 5.74) is -2.07. The lowest BCUT2D eigenvalue weighted by Crippen LogP contribution is -2.61. The van der Waals surface area contributed by atoms with Gasteiger partial charge in [-0.05, 0) is 66.2 Å². The zero-order valence-electron chi connectivity index (χ0n) is 19.7. The molecule has 2 aliphatic rings. The second-order valence-corrected chi connectivity index (χ2v) is 10.4. The highest BCUT2D eigenvalue weighted by Crippen LogP contribution is 2.36. The summed E-state index contributed by atoms with van der Waals surface area (Å²) in [7, 11) is -1.03. The second kappa shape index (κ2) is 8.30. The zero-order valence-corrected chi connectivity index (χ0v) is 19.7. The summed E-state index contributed by atoms with van der Waals surface area (Å²) in [6, 6.07) is 1.81. The van der Waals surface area contributed by atoms with Gasteiger partial charge in [-0.25, -0.2) is 13.6 Å².